The van der Waals surface area contributed by atoms with Gasteiger partial charge in [-0.1, -0.05) is 55.5 Å². The van der Waals surface area contributed by atoms with E-state index in [2.05, 4.69) is 17.2 Å². The third-order valence-corrected chi connectivity index (χ3v) is 4.96. The van der Waals surface area contributed by atoms with Crippen LogP contribution in [0.2, 0.25) is 0 Å². The normalized spacial score (nSPS) is 20.7. The highest BCUT2D eigenvalue weighted by molar-refractivity contribution is 5.87. The first-order chi connectivity index (χ1) is 12.6. The number of ether oxygens (including phenoxy) is 1. The van der Waals surface area contributed by atoms with Gasteiger partial charge in [-0.15, -0.1) is 0 Å². The standard InChI is InChI=1S/C20H18N2O4/c1-12-10-21-22(18(12)19(23)24)20(25)26-11-17-15-8-4-2-6-13(15)14-7-3-5-9-16(14)17/h2-10,12,17-18H,11H2,1H3,(H,23,24). The number of carboxylic acids is 1. The van der Waals surface area contributed by atoms with E-state index in [1.165, 1.54) is 6.21 Å². The van der Waals surface area contributed by atoms with E-state index in [-0.39, 0.29) is 18.4 Å². The quantitative estimate of drug-likeness (QED) is 0.921. The molecule has 0 saturated carbocycles. The van der Waals surface area contributed by atoms with Gasteiger partial charge >= 0.3 is 12.1 Å². The Morgan fingerprint density at radius 3 is 2.23 bits per heavy atom. The number of benzene rings is 2. The Bertz CT molecular complexity index is 863. The Labute approximate surface area is 150 Å². The molecule has 0 radical (unpaired) electrons. The second-order valence-corrected chi connectivity index (χ2v) is 6.56. The maximum absolute atomic E-state index is 12.4. The third-order valence-electron chi connectivity index (χ3n) is 4.96. The molecule has 2 aromatic rings. The first-order valence-corrected chi connectivity index (χ1v) is 8.49. The van der Waals surface area contributed by atoms with Crippen molar-refractivity contribution in [2.75, 3.05) is 6.61 Å². The van der Waals surface area contributed by atoms with Crippen molar-refractivity contribution in [2.24, 2.45) is 11.0 Å². The lowest BCUT2D eigenvalue weighted by molar-refractivity contribution is -0.143. The molecule has 0 spiro atoms. The zero-order valence-electron chi connectivity index (χ0n) is 14.2. The summed E-state index contributed by atoms with van der Waals surface area (Å²) in [4.78, 5) is 23.8. The number of nitrogens with zero attached hydrogens (tertiary/aromatic N) is 2. The van der Waals surface area contributed by atoms with Gasteiger partial charge in [0.2, 0.25) is 0 Å². The Kier molecular flexibility index (Phi) is 3.95. The number of carbonyl (C=O) groups excluding carboxylic acids is 1. The van der Waals surface area contributed by atoms with Crippen LogP contribution in [0.4, 0.5) is 4.79 Å². The fraction of sp³-hybridized carbons (Fsp3) is 0.250. The lowest BCUT2D eigenvalue weighted by Crippen LogP contribution is -2.42. The van der Waals surface area contributed by atoms with Crippen molar-refractivity contribution in [3.05, 3.63) is 59.7 Å². The highest BCUT2D eigenvalue weighted by Gasteiger charge is 2.39. The molecule has 2 aromatic carbocycles. The van der Waals surface area contributed by atoms with Gasteiger partial charge in [-0.3, -0.25) is 0 Å². The number of hydrogen-bond acceptors (Lipinski definition) is 4. The van der Waals surface area contributed by atoms with Gasteiger partial charge in [0.05, 0.1) is 0 Å². The molecule has 6 nitrogen and oxygen atoms in total. The average molecular weight is 350 g/mol. The molecular formula is C20H18N2O4. The first kappa shape index (κ1) is 16.3. The number of hydrogen-bond donors (Lipinski definition) is 1. The van der Waals surface area contributed by atoms with Crippen molar-refractivity contribution in [3.63, 3.8) is 0 Å². The van der Waals surface area contributed by atoms with E-state index >= 15 is 0 Å². The fourth-order valence-corrected chi connectivity index (χ4v) is 3.70. The molecule has 2 atom stereocenters. The maximum atomic E-state index is 12.4. The summed E-state index contributed by atoms with van der Waals surface area (Å²) in [6.45, 7) is 1.85. The monoisotopic (exact) mass is 350 g/mol. The third kappa shape index (κ3) is 2.54. The Morgan fingerprint density at radius 2 is 1.65 bits per heavy atom. The van der Waals surface area contributed by atoms with Gasteiger partial charge in [-0.2, -0.15) is 10.1 Å². The van der Waals surface area contributed by atoms with Gasteiger partial charge in [-0.25, -0.2) is 9.59 Å². The summed E-state index contributed by atoms with van der Waals surface area (Å²) in [5.41, 5.74) is 4.49. The van der Waals surface area contributed by atoms with Crippen molar-refractivity contribution >= 4 is 18.3 Å². The molecule has 1 aliphatic heterocycles. The summed E-state index contributed by atoms with van der Waals surface area (Å²) in [6.07, 6.45) is 0.722. The minimum absolute atomic E-state index is 0.0707. The predicted molar refractivity (Wildman–Crippen MR) is 96.0 cm³/mol. The van der Waals surface area contributed by atoms with Crippen LogP contribution in [0.1, 0.15) is 24.0 Å². The molecule has 2 aliphatic rings. The van der Waals surface area contributed by atoms with Gasteiger partial charge in [0.25, 0.3) is 0 Å². The summed E-state index contributed by atoms with van der Waals surface area (Å²) >= 11 is 0. The van der Waals surface area contributed by atoms with Crippen LogP contribution in [0.15, 0.2) is 53.6 Å². The molecule has 0 saturated heterocycles. The predicted octanol–water partition coefficient (Wildman–Crippen LogP) is 3.33. The van der Waals surface area contributed by atoms with Crippen molar-refractivity contribution in [2.45, 2.75) is 18.9 Å². The molecule has 1 N–H and O–H groups in total. The molecule has 4 rings (SSSR count). The van der Waals surface area contributed by atoms with Crippen LogP contribution in [0.3, 0.4) is 0 Å². The summed E-state index contributed by atoms with van der Waals surface area (Å²) in [7, 11) is 0. The number of carboxylic acid groups (broad SMARTS) is 1. The number of aliphatic carboxylic acids is 1. The number of hydrazone groups is 1. The van der Waals surface area contributed by atoms with E-state index in [9.17, 15) is 14.7 Å². The lowest BCUT2D eigenvalue weighted by Gasteiger charge is -2.21. The van der Waals surface area contributed by atoms with Crippen LogP contribution < -0.4 is 0 Å². The van der Waals surface area contributed by atoms with E-state index in [1.807, 2.05) is 36.4 Å². The fourth-order valence-electron chi connectivity index (χ4n) is 3.70. The highest BCUT2D eigenvalue weighted by atomic mass is 16.6. The van der Waals surface area contributed by atoms with Crippen molar-refractivity contribution in [1.29, 1.82) is 0 Å². The Balaban J connectivity index is 1.54. The summed E-state index contributed by atoms with van der Waals surface area (Å²) in [5, 5.41) is 14.1. The van der Waals surface area contributed by atoms with E-state index < -0.39 is 18.1 Å². The number of carbonyl (C=O) groups is 2. The molecule has 6 heteroatoms. The molecule has 132 valence electrons. The molecule has 2 unspecified atom stereocenters. The number of fused-ring (bicyclic) bond motifs is 3. The van der Waals surface area contributed by atoms with E-state index in [1.54, 1.807) is 6.92 Å². The lowest BCUT2D eigenvalue weighted by atomic mass is 9.98. The number of rotatable bonds is 3. The van der Waals surface area contributed by atoms with Crippen LogP contribution in [0.25, 0.3) is 11.1 Å². The van der Waals surface area contributed by atoms with Gasteiger partial charge in [-0.05, 0) is 22.3 Å². The van der Waals surface area contributed by atoms with Crippen LogP contribution in [0, 0.1) is 5.92 Å². The van der Waals surface area contributed by atoms with Gasteiger partial charge in [0, 0.05) is 18.1 Å². The molecule has 26 heavy (non-hydrogen) atoms. The molecular weight excluding hydrogens is 332 g/mol. The summed E-state index contributed by atoms with van der Waals surface area (Å²) in [6, 6.07) is 15.1. The Morgan fingerprint density at radius 1 is 1.08 bits per heavy atom. The molecule has 0 fully saturated rings. The van der Waals surface area contributed by atoms with Crippen molar-refractivity contribution in [1.82, 2.24) is 5.01 Å². The molecule has 0 aromatic heterocycles. The topological polar surface area (TPSA) is 79.2 Å². The van der Waals surface area contributed by atoms with Crippen LogP contribution in [0.5, 0.6) is 0 Å². The second kappa shape index (κ2) is 6.29. The van der Waals surface area contributed by atoms with E-state index in [0.717, 1.165) is 27.3 Å². The van der Waals surface area contributed by atoms with Crippen molar-refractivity contribution < 1.29 is 19.4 Å². The first-order valence-electron chi connectivity index (χ1n) is 8.49. The zero-order chi connectivity index (χ0) is 18.3. The van der Waals surface area contributed by atoms with Gasteiger partial charge < -0.3 is 9.84 Å². The summed E-state index contributed by atoms with van der Waals surface area (Å²) < 4.78 is 5.46. The van der Waals surface area contributed by atoms with Crippen LogP contribution >= 0.6 is 0 Å². The largest absolute Gasteiger partial charge is 0.480 e. The van der Waals surface area contributed by atoms with Gasteiger partial charge in [0.1, 0.15) is 6.61 Å². The second-order valence-electron chi connectivity index (χ2n) is 6.56. The number of amides is 1. The maximum Gasteiger partial charge on any atom is 0.431 e. The minimum atomic E-state index is -1.09. The molecule has 0 bridgehead atoms. The van der Waals surface area contributed by atoms with Crippen molar-refractivity contribution in [3.8, 4) is 11.1 Å². The SMILES string of the molecule is CC1C=NN(C(=O)OCC2c3ccccc3-c3ccccc32)C1C(=O)O. The van der Waals surface area contributed by atoms with Crippen LogP contribution in [-0.2, 0) is 9.53 Å². The van der Waals surface area contributed by atoms with Crippen LogP contribution in [-0.4, -0.2) is 41.0 Å². The molecule has 1 aliphatic carbocycles. The average Bonchev–Trinajstić information content (AvgIpc) is 3.18. The zero-order valence-corrected chi connectivity index (χ0v) is 14.2. The van der Waals surface area contributed by atoms with Gasteiger partial charge in [0.15, 0.2) is 6.04 Å². The van der Waals surface area contributed by atoms with E-state index in [0.29, 0.717) is 0 Å². The summed E-state index contributed by atoms with van der Waals surface area (Å²) in [5.74, 6) is -1.52. The highest BCUT2D eigenvalue weighted by Crippen LogP contribution is 2.44. The Hall–Kier alpha value is -3.15. The smallest absolute Gasteiger partial charge is 0.431 e. The molecule has 1 heterocycles. The van der Waals surface area contributed by atoms with E-state index in [4.69, 9.17) is 4.74 Å². The minimum Gasteiger partial charge on any atom is -0.480 e. The molecule has 1 amide bonds.